The summed E-state index contributed by atoms with van der Waals surface area (Å²) in [7, 11) is 0. The van der Waals surface area contributed by atoms with Crippen molar-refractivity contribution < 1.29 is 14.3 Å². The number of H-pyrrole nitrogens is 2. The van der Waals surface area contributed by atoms with Crippen LogP contribution in [0.15, 0.2) is 58.9 Å². The summed E-state index contributed by atoms with van der Waals surface area (Å²) in [6.45, 7) is 0.190. The van der Waals surface area contributed by atoms with Gasteiger partial charge in [-0.25, -0.2) is 10.5 Å². The molecule has 0 unspecified atom stereocenters. The van der Waals surface area contributed by atoms with E-state index in [1.54, 1.807) is 24.4 Å². The Morgan fingerprint density at radius 2 is 2.13 bits per heavy atom. The number of nitrogens with one attached hydrogen (secondary N) is 4. The Kier molecular flexibility index (Phi) is 5.15. The molecule has 156 valence electrons. The zero-order valence-corrected chi connectivity index (χ0v) is 16.9. The quantitative estimate of drug-likeness (QED) is 0.199. The van der Waals surface area contributed by atoms with Crippen LogP contribution in [0.5, 0.6) is 11.5 Å². The van der Waals surface area contributed by atoms with Crippen molar-refractivity contribution in [2.45, 2.75) is 5.16 Å². The molecule has 1 aliphatic heterocycles. The number of hydrogen-bond donors (Lipinski definition) is 4. The first-order chi connectivity index (χ1) is 15.2. The van der Waals surface area contributed by atoms with E-state index in [0.29, 0.717) is 28.3 Å². The molecule has 3 heterocycles. The molecular weight excluding hydrogens is 418 g/mol. The van der Waals surface area contributed by atoms with Crippen molar-refractivity contribution >= 4 is 46.4 Å². The van der Waals surface area contributed by atoms with E-state index in [2.05, 4.69) is 36.0 Å². The number of thioether (sulfide) groups is 1. The van der Waals surface area contributed by atoms with Crippen LogP contribution in [0.4, 0.5) is 11.6 Å². The third kappa shape index (κ3) is 4.31. The van der Waals surface area contributed by atoms with Crippen molar-refractivity contribution in [1.29, 1.82) is 0 Å². The van der Waals surface area contributed by atoms with Crippen LogP contribution in [0, 0.1) is 0 Å². The van der Waals surface area contributed by atoms with Gasteiger partial charge in [0, 0.05) is 34.4 Å². The summed E-state index contributed by atoms with van der Waals surface area (Å²) in [5.74, 6) is 1.64. The lowest BCUT2D eigenvalue weighted by Gasteiger charge is -2.05. The van der Waals surface area contributed by atoms with Gasteiger partial charge in [-0.2, -0.15) is 10.1 Å². The van der Waals surface area contributed by atoms with Crippen LogP contribution in [0.25, 0.3) is 10.9 Å². The van der Waals surface area contributed by atoms with Crippen molar-refractivity contribution in [2.75, 3.05) is 23.3 Å². The minimum absolute atomic E-state index is 0.157. The number of rotatable bonds is 7. The maximum atomic E-state index is 12.2. The topological polar surface area (TPSA) is 129 Å². The van der Waals surface area contributed by atoms with E-state index < -0.39 is 0 Å². The molecule has 2 aromatic heterocycles. The van der Waals surface area contributed by atoms with Gasteiger partial charge in [-0.1, -0.05) is 30.0 Å². The van der Waals surface area contributed by atoms with Crippen LogP contribution in [0.1, 0.15) is 5.56 Å². The number of ether oxygens (including phenoxy) is 2. The van der Waals surface area contributed by atoms with Crippen LogP contribution in [-0.2, 0) is 4.79 Å². The molecule has 5 rings (SSSR count). The number of para-hydroxylation sites is 1. The summed E-state index contributed by atoms with van der Waals surface area (Å²) < 4.78 is 10.6. The molecule has 0 atom stereocenters. The number of amides is 1. The molecule has 0 saturated heterocycles. The fraction of sp³-hybridized carbons (Fsp3) is 0.100. The highest BCUT2D eigenvalue weighted by molar-refractivity contribution is 7.99. The first kappa shape index (κ1) is 19.0. The molecular formula is C20H17N7O3S. The Bertz CT molecular complexity index is 1270. The van der Waals surface area contributed by atoms with E-state index in [4.69, 9.17) is 9.47 Å². The number of hydrazone groups is 1. The molecule has 2 aromatic carbocycles. The first-order valence-corrected chi connectivity index (χ1v) is 10.3. The van der Waals surface area contributed by atoms with Crippen LogP contribution in [0.3, 0.4) is 0 Å². The standard InChI is InChI=1S/C20H17N7O3S/c28-18(23-13-5-6-16-17(7-13)30-11-29-16)10-31-20-24-19(26-27-20)25-22-9-12-8-21-15-4-2-1-3-14(12)15/h1-9,21H,10-11H2,(H,23,28)(H2,24,25,26,27). The smallest absolute Gasteiger partial charge is 0.240 e. The largest absolute Gasteiger partial charge is 0.454 e. The highest BCUT2D eigenvalue weighted by atomic mass is 32.2. The van der Waals surface area contributed by atoms with Gasteiger partial charge in [0.15, 0.2) is 11.5 Å². The summed E-state index contributed by atoms with van der Waals surface area (Å²) in [5.41, 5.74) is 5.44. The van der Waals surface area contributed by atoms with Crippen molar-refractivity contribution in [3.05, 3.63) is 54.2 Å². The fourth-order valence-electron chi connectivity index (χ4n) is 3.03. The summed E-state index contributed by atoms with van der Waals surface area (Å²) in [6, 6.07) is 13.2. The minimum Gasteiger partial charge on any atom is -0.454 e. The van der Waals surface area contributed by atoms with E-state index in [0.717, 1.165) is 16.5 Å². The summed E-state index contributed by atoms with van der Waals surface area (Å²) in [4.78, 5) is 19.6. The Hall–Kier alpha value is -3.99. The average Bonchev–Trinajstić information content (AvgIpc) is 3.52. The molecule has 0 spiro atoms. The van der Waals surface area contributed by atoms with Gasteiger partial charge in [0.25, 0.3) is 0 Å². The summed E-state index contributed by atoms with van der Waals surface area (Å²) in [6.07, 6.45) is 3.59. The van der Waals surface area contributed by atoms with Crippen molar-refractivity contribution in [3.63, 3.8) is 0 Å². The van der Waals surface area contributed by atoms with E-state index >= 15 is 0 Å². The lowest BCUT2D eigenvalue weighted by molar-refractivity contribution is -0.113. The lowest BCUT2D eigenvalue weighted by atomic mass is 10.2. The number of benzene rings is 2. The number of hydrogen-bond acceptors (Lipinski definition) is 8. The van der Waals surface area contributed by atoms with Crippen molar-refractivity contribution in [3.8, 4) is 11.5 Å². The lowest BCUT2D eigenvalue weighted by Crippen LogP contribution is -2.14. The van der Waals surface area contributed by atoms with Gasteiger partial charge in [0.1, 0.15) is 0 Å². The Morgan fingerprint density at radius 1 is 1.23 bits per heavy atom. The zero-order chi connectivity index (χ0) is 21.0. The number of aromatic nitrogens is 4. The summed E-state index contributed by atoms with van der Waals surface area (Å²) in [5, 5.41) is 15.3. The number of fused-ring (bicyclic) bond motifs is 2. The number of aromatic amines is 2. The van der Waals surface area contributed by atoms with E-state index in [1.165, 1.54) is 11.8 Å². The molecule has 11 heteroatoms. The highest BCUT2D eigenvalue weighted by Gasteiger charge is 2.14. The fourth-order valence-corrected chi connectivity index (χ4v) is 3.62. The van der Waals surface area contributed by atoms with Crippen molar-refractivity contribution in [2.24, 2.45) is 5.10 Å². The Labute approximate surface area is 180 Å². The Balaban J connectivity index is 1.12. The first-order valence-electron chi connectivity index (χ1n) is 9.34. The van der Waals surface area contributed by atoms with E-state index in [1.807, 2.05) is 30.5 Å². The van der Waals surface area contributed by atoms with Crippen LogP contribution < -0.4 is 20.2 Å². The number of carbonyl (C=O) groups excluding carboxylic acids is 1. The molecule has 10 nitrogen and oxygen atoms in total. The number of anilines is 2. The predicted octanol–water partition coefficient (Wildman–Crippen LogP) is 3.19. The maximum absolute atomic E-state index is 12.2. The molecule has 0 bridgehead atoms. The molecule has 1 amide bonds. The minimum atomic E-state index is -0.180. The van der Waals surface area contributed by atoms with Gasteiger partial charge in [-0.3, -0.25) is 4.79 Å². The maximum Gasteiger partial charge on any atom is 0.240 e. The van der Waals surface area contributed by atoms with Crippen LogP contribution >= 0.6 is 11.8 Å². The van der Waals surface area contributed by atoms with Gasteiger partial charge >= 0.3 is 0 Å². The Morgan fingerprint density at radius 3 is 3.10 bits per heavy atom. The molecule has 4 aromatic rings. The van der Waals surface area contributed by atoms with Gasteiger partial charge in [0.2, 0.25) is 23.8 Å². The molecule has 0 aliphatic carbocycles. The molecule has 4 N–H and O–H groups in total. The second-order valence-corrected chi connectivity index (χ2v) is 7.47. The monoisotopic (exact) mass is 435 g/mol. The number of nitrogens with zero attached hydrogens (tertiary/aromatic N) is 3. The third-order valence-electron chi connectivity index (χ3n) is 4.45. The molecule has 0 saturated carbocycles. The molecule has 0 radical (unpaired) electrons. The van der Waals surface area contributed by atoms with Crippen LogP contribution in [0.2, 0.25) is 0 Å². The highest BCUT2D eigenvalue weighted by Crippen LogP contribution is 2.34. The number of carbonyl (C=O) groups is 1. The molecule has 31 heavy (non-hydrogen) atoms. The van der Waals surface area contributed by atoms with E-state index in [9.17, 15) is 4.79 Å². The van der Waals surface area contributed by atoms with Gasteiger partial charge in [-0.05, 0) is 18.2 Å². The SMILES string of the molecule is O=C(CSc1n[nH]c(NN=Cc2c[nH]c3ccccc23)n1)Nc1ccc2c(c1)OCO2. The van der Waals surface area contributed by atoms with Crippen LogP contribution in [-0.4, -0.2) is 44.8 Å². The predicted molar refractivity (Wildman–Crippen MR) is 118 cm³/mol. The second-order valence-electron chi connectivity index (χ2n) is 6.53. The van der Waals surface area contributed by atoms with Gasteiger partial charge in [-0.15, -0.1) is 5.10 Å². The second kappa shape index (κ2) is 8.40. The normalized spacial score (nSPS) is 12.5. The van der Waals surface area contributed by atoms with Crippen molar-refractivity contribution in [1.82, 2.24) is 20.2 Å². The zero-order valence-electron chi connectivity index (χ0n) is 16.1. The average molecular weight is 435 g/mol. The van der Waals surface area contributed by atoms with E-state index in [-0.39, 0.29) is 18.5 Å². The van der Waals surface area contributed by atoms with Gasteiger partial charge in [0.05, 0.1) is 12.0 Å². The summed E-state index contributed by atoms with van der Waals surface area (Å²) >= 11 is 1.21. The molecule has 0 fully saturated rings. The third-order valence-corrected chi connectivity index (χ3v) is 5.30. The molecule has 1 aliphatic rings. The van der Waals surface area contributed by atoms with Gasteiger partial charge < -0.3 is 19.8 Å².